The van der Waals surface area contributed by atoms with E-state index in [1.165, 1.54) is 6.42 Å². The van der Waals surface area contributed by atoms with E-state index in [0.717, 1.165) is 19.3 Å². The Labute approximate surface area is 126 Å². The number of rotatable bonds is 7. The van der Waals surface area contributed by atoms with E-state index in [4.69, 9.17) is 18.7 Å². The second-order valence-electron chi connectivity index (χ2n) is 5.60. The molecule has 2 unspecified atom stereocenters. The van der Waals surface area contributed by atoms with Gasteiger partial charge in [0.15, 0.2) is 0 Å². The number of hydrogen-bond acceptors (Lipinski definition) is 6. The first-order valence-corrected chi connectivity index (χ1v) is 7.77. The Hall–Kier alpha value is -0.980. The first-order chi connectivity index (χ1) is 10.1. The van der Waals surface area contributed by atoms with Gasteiger partial charge in [0.25, 0.3) is 5.89 Å². The van der Waals surface area contributed by atoms with Gasteiger partial charge in [-0.3, -0.25) is 0 Å². The zero-order valence-electron chi connectivity index (χ0n) is 13.4. The van der Waals surface area contributed by atoms with Crippen LogP contribution in [0, 0.1) is 5.92 Å². The van der Waals surface area contributed by atoms with Crippen LogP contribution in [0.4, 0.5) is 0 Å². The molecule has 120 valence electrons. The monoisotopic (exact) mass is 298 g/mol. The van der Waals surface area contributed by atoms with Crippen molar-refractivity contribution in [2.75, 3.05) is 20.3 Å². The zero-order valence-corrected chi connectivity index (χ0v) is 13.4. The molecule has 0 aromatic carbocycles. The molecule has 0 radical (unpaired) electrons. The van der Waals surface area contributed by atoms with Gasteiger partial charge in [0.05, 0.1) is 0 Å². The van der Waals surface area contributed by atoms with Crippen molar-refractivity contribution in [2.24, 2.45) is 5.92 Å². The lowest BCUT2D eigenvalue weighted by molar-refractivity contribution is -0.155. The molecule has 6 heteroatoms. The minimum atomic E-state index is -0.601. The Kier molecular flexibility index (Phi) is 5.72. The quantitative estimate of drug-likeness (QED) is 0.720. The van der Waals surface area contributed by atoms with Crippen molar-refractivity contribution in [2.45, 2.75) is 58.3 Å². The van der Waals surface area contributed by atoms with Crippen molar-refractivity contribution in [3.05, 3.63) is 11.7 Å². The number of methoxy groups -OCH3 is 1. The molecule has 1 heterocycles. The summed E-state index contributed by atoms with van der Waals surface area (Å²) in [7, 11) is 1.72. The highest BCUT2D eigenvalue weighted by Gasteiger charge is 2.41. The standard InChI is InChI=1S/C15H26N2O4/c1-5-19-13(20-6-2)12-16-14(17-21-12)15(18-4)9-7-8-11(3)10-15/h11,13H,5-10H2,1-4H3. The van der Waals surface area contributed by atoms with Crippen LogP contribution in [-0.2, 0) is 19.8 Å². The highest BCUT2D eigenvalue weighted by atomic mass is 16.7. The Morgan fingerprint density at radius 2 is 2.05 bits per heavy atom. The third kappa shape index (κ3) is 3.62. The van der Waals surface area contributed by atoms with Gasteiger partial charge in [-0.15, -0.1) is 0 Å². The SMILES string of the molecule is CCOC(OCC)c1nc(C2(OC)CCCC(C)C2)no1. The molecule has 1 fully saturated rings. The minimum absolute atomic E-state index is 0.364. The summed E-state index contributed by atoms with van der Waals surface area (Å²) in [6.07, 6.45) is 3.56. The number of ether oxygens (including phenoxy) is 3. The largest absolute Gasteiger partial charge is 0.370 e. The van der Waals surface area contributed by atoms with E-state index in [9.17, 15) is 0 Å². The summed E-state index contributed by atoms with van der Waals surface area (Å²) in [5.74, 6) is 1.56. The molecule has 0 bridgehead atoms. The van der Waals surface area contributed by atoms with Gasteiger partial charge in [0, 0.05) is 20.3 Å². The topological polar surface area (TPSA) is 66.6 Å². The van der Waals surface area contributed by atoms with Crippen molar-refractivity contribution in [3.63, 3.8) is 0 Å². The van der Waals surface area contributed by atoms with Crippen LogP contribution in [0.3, 0.4) is 0 Å². The van der Waals surface area contributed by atoms with E-state index in [1.54, 1.807) is 7.11 Å². The lowest BCUT2D eigenvalue weighted by Crippen LogP contribution is -2.35. The summed E-state index contributed by atoms with van der Waals surface area (Å²) in [5, 5.41) is 4.13. The fraction of sp³-hybridized carbons (Fsp3) is 0.867. The van der Waals surface area contributed by atoms with Gasteiger partial charge in [0.2, 0.25) is 12.1 Å². The lowest BCUT2D eigenvalue weighted by Gasteiger charge is -2.36. The fourth-order valence-electron chi connectivity index (χ4n) is 2.99. The van der Waals surface area contributed by atoms with Crippen molar-refractivity contribution in [1.82, 2.24) is 10.1 Å². The van der Waals surface area contributed by atoms with Crippen LogP contribution in [0.15, 0.2) is 4.52 Å². The summed E-state index contributed by atoms with van der Waals surface area (Å²) in [6.45, 7) is 7.09. The molecule has 2 atom stereocenters. The van der Waals surface area contributed by atoms with E-state index in [1.807, 2.05) is 13.8 Å². The molecule has 1 aliphatic carbocycles. The third-order valence-corrected chi connectivity index (χ3v) is 4.03. The van der Waals surface area contributed by atoms with E-state index in [2.05, 4.69) is 17.1 Å². The molecular weight excluding hydrogens is 272 g/mol. The van der Waals surface area contributed by atoms with Gasteiger partial charge in [-0.05, 0) is 39.0 Å². The second kappa shape index (κ2) is 7.33. The molecule has 6 nitrogen and oxygen atoms in total. The molecule has 1 aromatic heterocycles. The van der Waals surface area contributed by atoms with E-state index in [-0.39, 0.29) is 0 Å². The summed E-state index contributed by atoms with van der Waals surface area (Å²) < 4.78 is 22.1. The maximum atomic E-state index is 5.78. The van der Waals surface area contributed by atoms with Crippen LogP contribution in [0.2, 0.25) is 0 Å². The number of nitrogens with zero attached hydrogens (tertiary/aromatic N) is 2. The molecular formula is C15H26N2O4. The van der Waals surface area contributed by atoms with Crippen LogP contribution in [0.25, 0.3) is 0 Å². The molecule has 0 spiro atoms. The number of aromatic nitrogens is 2. The van der Waals surface area contributed by atoms with Gasteiger partial charge >= 0.3 is 0 Å². The summed E-state index contributed by atoms with van der Waals surface area (Å²) in [6, 6.07) is 0. The molecule has 1 aromatic rings. The molecule has 0 aliphatic heterocycles. The van der Waals surface area contributed by atoms with Gasteiger partial charge in [-0.1, -0.05) is 18.5 Å². The maximum absolute atomic E-state index is 5.78. The first-order valence-electron chi connectivity index (χ1n) is 7.77. The zero-order chi connectivity index (χ0) is 15.3. The highest BCUT2D eigenvalue weighted by molar-refractivity contribution is 5.04. The molecule has 0 N–H and O–H groups in total. The van der Waals surface area contributed by atoms with E-state index >= 15 is 0 Å². The average molecular weight is 298 g/mol. The van der Waals surface area contributed by atoms with Crippen molar-refractivity contribution >= 4 is 0 Å². The average Bonchev–Trinajstić information content (AvgIpc) is 2.97. The van der Waals surface area contributed by atoms with Crippen molar-refractivity contribution < 1.29 is 18.7 Å². The molecule has 0 amide bonds. The van der Waals surface area contributed by atoms with Gasteiger partial charge in [0.1, 0.15) is 5.60 Å². The smallest absolute Gasteiger partial charge is 0.283 e. The van der Waals surface area contributed by atoms with E-state index < -0.39 is 11.9 Å². The van der Waals surface area contributed by atoms with Gasteiger partial charge < -0.3 is 18.7 Å². The summed E-state index contributed by atoms with van der Waals surface area (Å²) >= 11 is 0. The Morgan fingerprint density at radius 3 is 2.62 bits per heavy atom. The first kappa shape index (κ1) is 16.4. The molecule has 21 heavy (non-hydrogen) atoms. The predicted octanol–water partition coefficient (Wildman–Crippen LogP) is 3.19. The Morgan fingerprint density at radius 1 is 1.33 bits per heavy atom. The van der Waals surface area contributed by atoms with Crippen LogP contribution < -0.4 is 0 Å². The Balaban J connectivity index is 2.20. The van der Waals surface area contributed by atoms with Gasteiger partial charge in [-0.25, -0.2) is 0 Å². The normalized spacial score (nSPS) is 26.4. The Bertz CT molecular complexity index is 431. The van der Waals surface area contributed by atoms with Crippen LogP contribution in [-0.4, -0.2) is 30.5 Å². The lowest BCUT2D eigenvalue weighted by atomic mass is 9.78. The molecule has 2 rings (SSSR count). The maximum Gasteiger partial charge on any atom is 0.283 e. The van der Waals surface area contributed by atoms with Crippen LogP contribution >= 0.6 is 0 Å². The third-order valence-electron chi connectivity index (χ3n) is 4.03. The minimum Gasteiger partial charge on any atom is -0.370 e. The molecule has 0 saturated heterocycles. The van der Waals surface area contributed by atoms with Crippen LogP contribution in [0.5, 0.6) is 0 Å². The van der Waals surface area contributed by atoms with Crippen molar-refractivity contribution in [3.8, 4) is 0 Å². The predicted molar refractivity (Wildman–Crippen MR) is 76.6 cm³/mol. The van der Waals surface area contributed by atoms with E-state index in [0.29, 0.717) is 30.8 Å². The summed E-state index contributed by atoms with van der Waals surface area (Å²) in [4.78, 5) is 4.50. The highest BCUT2D eigenvalue weighted by Crippen LogP contribution is 2.41. The van der Waals surface area contributed by atoms with Crippen LogP contribution in [0.1, 0.15) is 64.5 Å². The second-order valence-corrected chi connectivity index (χ2v) is 5.60. The molecule has 1 aliphatic rings. The fourth-order valence-corrected chi connectivity index (χ4v) is 2.99. The van der Waals surface area contributed by atoms with Gasteiger partial charge in [-0.2, -0.15) is 4.98 Å². The number of hydrogen-bond donors (Lipinski definition) is 0. The van der Waals surface area contributed by atoms with Crippen molar-refractivity contribution in [1.29, 1.82) is 0 Å². The molecule has 1 saturated carbocycles. The summed E-state index contributed by atoms with van der Waals surface area (Å²) in [5.41, 5.74) is -0.442.